The molecule has 2 amide bonds. The van der Waals surface area contributed by atoms with Crippen LogP contribution in [0.5, 0.6) is 17.4 Å². The van der Waals surface area contributed by atoms with Crippen molar-refractivity contribution in [3.8, 4) is 17.4 Å². The molecule has 1 aromatic heterocycles. The molecule has 0 spiro atoms. The number of benzene rings is 1. The van der Waals surface area contributed by atoms with E-state index in [2.05, 4.69) is 10.3 Å². The van der Waals surface area contributed by atoms with E-state index in [-0.39, 0.29) is 55.1 Å². The van der Waals surface area contributed by atoms with Crippen molar-refractivity contribution < 1.29 is 32.9 Å². The number of halogens is 1. The second-order valence-electron chi connectivity index (χ2n) is 8.68. The third kappa shape index (κ3) is 4.13. The van der Waals surface area contributed by atoms with Gasteiger partial charge in [-0.3, -0.25) is 9.59 Å². The van der Waals surface area contributed by atoms with Crippen LogP contribution in [0.25, 0.3) is 0 Å². The molecule has 0 unspecified atom stereocenters. The lowest BCUT2D eigenvalue weighted by atomic mass is 10.1. The van der Waals surface area contributed by atoms with Crippen molar-refractivity contribution >= 4 is 17.5 Å². The molecular formula is C24H26FN3O6. The highest BCUT2D eigenvalue weighted by Crippen LogP contribution is 2.39. The monoisotopic (exact) mass is 471 g/mol. The number of aryl methyl sites for hydroxylation is 2. The number of carbonyl (C=O) groups excluding carboxylic acids is 2. The molecule has 0 aliphatic carbocycles. The van der Waals surface area contributed by atoms with Gasteiger partial charge in [0.15, 0.2) is 11.6 Å². The van der Waals surface area contributed by atoms with Crippen LogP contribution in [0.1, 0.15) is 34.3 Å². The van der Waals surface area contributed by atoms with Crippen LogP contribution in [0.3, 0.4) is 0 Å². The van der Waals surface area contributed by atoms with E-state index in [4.69, 9.17) is 18.9 Å². The molecule has 0 radical (unpaired) electrons. The number of nitrogens with one attached hydrogen (secondary N) is 1. The maximum Gasteiger partial charge on any atom is 0.262 e. The van der Waals surface area contributed by atoms with Crippen molar-refractivity contribution in [3.05, 3.63) is 40.8 Å². The Bertz CT molecular complexity index is 1140. The Morgan fingerprint density at radius 2 is 2.12 bits per heavy atom. The summed E-state index contributed by atoms with van der Waals surface area (Å²) in [5, 5.41) is 2.84. The largest absolute Gasteiger partial charge is 0.490 e. The number of anilines is 1. The first-order chi connectivity index (χ1) is 16.4. The van der Waals surface area contributed by atoms with E-state index in [1.807, 2.05) is 0 Å². The average molecular weight is 471 g/mol. The first-order valence-electron chi connectivity index (χ1n) is 11.3. The Balaban J connectivity index is 1.36. The second kappa shape index (κ2) is 9.09. The van der Waals surface area contributed by atoms with Crippen molar-refractivity contribution in [2.75, 3.05) is 38.8 Å². The molecule has 0 bridgehead atoms. The van der Waals surface area contributed by atoms with Gasteiger partial charge < -0.3 is 29.2 Å². The molecule has 3 aliphatic rings. The highest BCUT2D eigenvalue weighted by molar-refractivity contribution is 6.00. The van der Waals surface area contributed by atoms with Crippen LogP contribution in [0.4, 0.5) is 10.1 Å². The van der Waals surface area contributed by atoms with Crippen LogP contribution >= 0.6 is 0 Å². The molecule has 3 aliphatic heterocycles. The number of rotatable bonds is 6. The minimum atomic E-state index is -0.586. The van der Waals surface area contributed by atoms with Gasteiger partial charge in [-0.05, 0) is 30.5 Å². The van der Waals surface area contributed by atoms with Crippen LogP contribution in [0.15, 0.2) is 18.3 Å². The van der Waals surface area contributed by atoms with Gasteiger partial charge in [0.25, 0.3) is 5.91 Å². The predicted octanol–water partition coefficient (Wildman–Crippen LogP) is 2.49. The van der Waals surface area contributed by atoms with Gasteiger partial charge in [-0.2, -0.15) is 0 Å². The fourth-order valence-corrected chi connectivity index (χ4v) is 4.58. The molecule has 1 fully saturated rings. The zero-order valence-corrected chi connectivity index (χ0v) is 19.1. The van der Waals surface area contributed by atoms with E-state index < -0.39 is 5.82 Å². The van der Waals surface area contributed by atoms with E-state index in [1.165, 1.54) is 13.2 Å². The van der Waals surface area contributed by atoms with Gasteiger partial charge in [0, 0.05) is 32.2 Å². The number of ether oxygens (including phenoxy) is 4. The smallest absolute Gasteiger partial charge is 0.262 e. The Morgan fingerprint density at radius 1 is 1.26 bits per heavy atom. The molecule has 10 heteroatoms. The molecule has 5 rings (SSSR count). The van der Waals surface area contributed by atoms with Gasteiger partial charge in [-0.1, -0.05) is 0 Å². The standard InChI is InChI=1S/C24H26FN3O6/c1-13-7-18-21(23(22(13)25)32-6-5-31-2)24(30)28-11-16(8-15(28)12-33-18)34-20-9-17-14(10-26-20)3-4-19(29)27-17/h7,9-10,15-16H,3-6,8,11-12H2,1-2H3,(H,27,29)/t15-,16+/m1/s1. The summed E-state index contributed by atoms with van der Waals surface area (Å²) in [5.74, 6) is -0.406. The molecule has 1 aromatic carbocycles. The first kappa shape index (κ1) is 22.4. The summed E-state index contributed by atoms with van der Waals surface area (Å²) in [6, 6.07) is 3.01. The van der Waals surface area contributed by atoms with Crippen LogP contribution < -0.4 is 19.5 Å². The number of fused-ring (bicyclic) bond motifs is 3. The number of pyridine rings is 1. The summed E-state index contributed by atoms with van der Waals surface area (Å²) in [4.78, 5) is 31.2. The summed E-state index contributed by atoms with van der Waals surface area (Å²) in [6.45, 7) is 2.52. The Hall–Kier alpha value is -3.40. The first-order valence-corrected chi connectivity index (χ1v) is 11.3. The van der Waals surface area contributed by atoms with Crippen molar-refractivity contribution in [1.29, 1.82) is 0 Å². The lowest BCUT2D eigenvalue weighted by molar-refractivity contribution is -0.116. The summed E-state index contributed by atoms with van der Waals surface area (Å²) in [5.41, 5.74) is 2.08. The third-order valence-corrected chi connectivity index (χ3v) is 6.33. The van der Waals surface area contributed by atoms with E-state index in [9.17, 15) is 14.0 Å². The van der Waals surface area contributed by atoms with Gasteiger partial charge in [0.05, 0.1) is 24.9 Å². The Kier molecular flexibility index (Phi) is 5.99. The summed E-state index contributed by atoms with van der Waals surface area (Å²) < 4.78 is 37.5. The Labute approximate surface area is 196 Å². The third-order valence-electron chi connectivity index (χ3n) is 6.33. The van der Waals surface area contributed by atoms with Gasteiger partial charge in [-0.25, -0.2) is 9.37 Å². The number of amides is 2. The molecule has 1 saturated heterocycles. The summed E-state index contributed by atoms with van der Waals surface area (Å²) in [7, 11) is 1.52. The average Bonchev–Trinajstić information content (AvgIpc) is 3.17. The van der Waals surface area contributed by atoms with E-state index in [1.54, 1.807) is 24.1 Å². The molecule has 9 nitrogen and oxygen atoms in total. The van der Waals surface area contributed by atoms with Gasteiger partial charge in [0.2, 0.25) is 11.8 Å². The zero-order valence-electron chi connectivity index (χ0n) is 19.1. The molecule has 2 atom stereocenters. The van der Waals surface area contributed by atoms with Gasteiger partial charge >= 0.3 is 0 Å². The number of nitrogens with zero attached hydrogens (tertiary/aromatic N) is 2. The van der Waals surface area contributed by atoms with E-state index >= 15 is 0 Å². The molecule has 2 aromatic rings. The fourth-order valence-electron chi connectivity index (χ4n) is 4.58. The number of methoxy groups -OCH3 is 1. The molecule has 4 heterocycles. The van der Waals surface area contributed by atoms with Crippen molar-refractivity contribution in [2.24, 2.45) is 0 Å². The summed E-state index contributed by atoms with van der Waals surface area (Å²) >= 11 is 0. The molecular weight excluding hydrogens is 445 g/mol. The predicted molar refractivity (Wildman–Crippen MR) is 119 cm³/mol. The molecule has 0 saturated carbocycles. The molecule has 180 valence electrons. The highest BCUT2D eigenvalue weighted by Gasteiger charge is 2.42. The van der Waals surface area contributed by atoms with Crippen molar-refractivity contribution in [2.45, 2.75) is 38.3 Å². The highest BCUT2D eigenvalue weighted by atomic mass is 19.1. The minimum absolute atomic E-state index is 0.0358. The van der Waals surface area contributed by atoms with Gasteiger partial charge in [-0.15, -0.1) is 0 Å². The SMILES string of the molecule is COCCOc1c(F)c(C)cc2c1C(=O)N1C[C@@H](Oc3cc4c(cn3)CCC(=O)N4)C[C@@H]1CO2. The molecule has 1 N–H and O–H groups in total. The quantitative estimate of drug-likeness (QED) is 0.647. The number of carbonyl (C=O) groups is 2. The van der Waals surface area contributed by atoms with Crippen LogP contribution in [0.2, 0.25) is 0 Å². The topological polar surface area (TPSA) is 99.2 Å². The van der Waals surface area contributed by atoms with Crippen LogP contribution in [-0.4, -0.2) is 67.3 Å². The van der Waals surface area contributed by atoms with Crippen molar-refractivity contribution in [3.63, 3.8) is 0 Å². The van der Waals surface area contributed by atoms with E-state index in [0.29, 0.717) is 48.7 Å². The molecule has 34 heavy (non-hydrogen) atoms. The minimum Gasteiger partial charge on any atom is -0.490 e. The van der Waals surface area contributed by atoms with Crippen LogP contribution in [0, 0.1) is 12.7 Å². The maximum atomic E-state index is 14.9. The van der Waals surface area contributed by atoms with Crippen molar-refractivity contribution in [1.82, 2.24) is 9.88 Å². The number of hydrogen-bond donors (Lipinski definition) is 1. The van der Waals surface area contributed by atoms with E-state index in [0.717, 1.165) is 5.56 Å². The maximum absolute atomic E-state index is 14.9. The van der Waals surface area contributed by atoms with Gasteiger partial charge in [0.1, 0.15) is 30.6 Å². The fraction of sp³-hybridized carbons (Fsp3) is 0.458. The Morgan fingerprint density at radius 3 is 2.94 bits per heavy atom. The number of hydrogen-bond acceptors (Lipinski definition) is 7. The summed E-state index contributed by atoms with van der Waals surface area (Å²) in [6.07, 6.45) is 3.00. The lowest BCUT2D eigenvalue weighted by Crippen LogP contribution is -2.37. The van der Waals surface area contributed by atoms with Crippen LogP contribution in [-0.2, 0) is 16.0 Å². The lowest BCUT2D eigenvalue weighted by Gasteiger charge is -2.21. The second-order valence-corrected chi connectivity index (χ2v) is 8.68. The normalized spacial score (nSPS) is 21.1. The number of aromatic nitrogens is 1. The zero-order chi connectivity index (χ0) is 23.8.